The molecule has 5 N–H and O–H groups in total. The van der Waals surface area contributed by atoms with Gasteiger partial charge in [-0.1, -0.05) is 0 Å². The van der Waals surface area contributed by atoms with Gasteiger partial charge in [0.25, 0.3) is 0 Å². The number of carboxylic acid groups (broad SMARTS) is 1. The topological polar surface area (TPSA) is 155 Å². The van der Waals surface area contributed by atoms with Crippen LogP contribution in [0.25, 0.3) is 16.7 Å². The van der Waals surface area contributed by atoms with Crippen LogP contribution in [-0.2, 0) is 0 Å². The van der Waals surface area contributed by atoms with E-state index in [1.807, 2.05) is 0 Å². The molecule has 1 aromatic carbocycles. The number of aromatic carboxylic acids is 1. The predicted octanol–water partition coefficient (Wildman–Crippen LogP) is 0.882. The zero-order valence-electron chi connectivity index (χ0n) is 19.0. The Labute approximate surface area is 201 Å². The van der Waals surface area contributed by atoms with Crippen molar-refractivity contribution >= 4 is 34.7 Å². The third kappa shape index (κ3) is 4.52. The quantitative estimate of drug-likeness (QED) is 0.352. The molecule has 3 aromatic rings. The minimum atomic E-state index is -1.59. The Morgan fingerprint density at radius 3 is 2.39 bits per heavy atom. The van der Waals surface area contributed by atoms with Crippen molar-refractivity contribution in [3.05, 3.63) is 63.7 Å². The van der Waals surface area contributed by atoms with Gasteiger partial charge in [-0.2, -0.15) is 4.99 Å². The highest BCUT2D eigenvalue weighted by atomic mass is 19.1. The SMILES string of the molecule is CN=C(N)/N=C(\N)N1CCN(c2nc3c(cc2F)c(=O)c(C(=O)O)cn3-c2ccc(F)cc2F)CC1. The van der Waals surface area contributed by atoms with E-state index in [1.54, 1.807) is 9.80 Å². The maximum absolute atomic E-state index is 15.1. The van der Waals surface area contributed by atoms with Gasteiger partial charge in [-0.3, -0.25) is 14.4 Å². The number of fused-ring (bicyclic) bond motifs is 1. The van der Waals surface area contributed by atoms with Gasteiger partial charge in [0.1, 0.15) is 17.2 Å². The number of rotatable bonds is 3. The molecule has 1 aliphatic rings. The zero-order chi connectivity index (χ0) is 26.1. The lowest BCUT2D eigenvalue weighted by Crippen LogP contribution is -2.52. The standard InChI is InChI=1S/C22H21F3N8O3/c1-28-21(26)30-22(27)32-6-4-31(5-7-32)19-15(25)9-12-17(34)13(20(35)36)10-33(18(12)29-19)16-3-2-11(23)8-14(16)24/h2-3,8-10H,4-7H2,1H3,(H,35,36)(H4,26,27,28,30). The van der Waals surface area contributed by atoms with Gasteiger partial charge in [-0.05, 0) is 18.2 Å². The van der Waals surface area contributed by atoms with Crippen molar-refractivity contribution < 1.29 is 23.1 Å². The van der Waals surface area contributed by atoms with E-state index in [4.69, 9.17) is 11.5 Å². The fourth-order valence-corrected chi connectivity index (χ4v) is 3.83. The summed E-state index contributed by atoms with van der Waals surface area (Å²) >= 11 is 0. The molecule has 1 aliphatic heterocycles. The molecule has 3 heterocycles. The van der Waals surface area contributed by atoms with Crippen molar-refractivity contribution in [2.24, 2.45) is 21.5 Å². The van der Waals surface area contributed by atoms with Gasteiger partial charge in [0, 0.05) is 45.5 Å². The number of carboxylic acids is 1. The van der Waals surface area contributed by atoms with Crippen molar-refractivity contribution in [2.45, 2.75) is 0 Å². The molecule has 11 nitrogen and oxygen atoms in total. The Hall–Kier alpha value is -4.62. The zero-order valence-corrected chi connectivity index (χ0v) is 19.0. The first-order valence-corrected chi connectivity index (χ1v) is 10.6. The van der Waals surface area contributed by atoms with Crippen molar-refractivity contribution in [2.75, 3.05) is 38.1 Å². The summed E-state index contributed by atoms with van der Waals surface area (Å²) in [6.45, 7) is 1.19. The molecule has 0 radical (unpaired) electrons. The summed E-state index contributed by atoms with van der Waals surface area (Å²) in [4.78, 5) is 39.6. The molecule has 0 bridgehead atoms. The van der Waals surface area contributed by atoms with E-state index in [0.717, 1.165) is 29.0 Å². The van der Waals surface area contributed by atoms with Gasteiger partial charge in [0.2, 0.25) is 11.4 Å². The number of aromatic nitrogens is 2. The van der Waals surface area contributed by atoms with Crippen molar-refractivity contribution in [1.29, 1.82) is 0 Å². The van der Waals surface area contributed by atoms with Crippen LogP contribution in [0.15, 0.2) is 45.2 Å². The number of halogens is 3. The Morgan fingerprint density at radius 1 is 1.08 bits per heavy atom. The van der Waals surface area contributed by atoms with Crippen LogP contribution in [0.1, 0.15) is 10.4 Å². The summed E-state index contributed by atoms with van der Waals surface area (Å²) in [5.41, 5.74) is 9.33. The van der Waals surface area contributed by atoms with Crippen LogP contribution < -0.4 is 21.8 Å². The van der Waals surface area contributed by atoms with E-state index in [1.165, 1.54) is 7.05 Å². The molecule has 188 valence electrons. The second-order valence-electron chi connectivity index (χ2n) is 7.83. The fraction of sp³-hybridized carbons (Fsp3) is 0.227. The summed E-state index contributed by atoms with van der Waals surface area (Å²) in [6, 6.07) is 3.50. The number of guanidine groups is 2. The van der Waals surface area contributed by atoms with Gasteiger partial charge < -0.3 is 26.4 Å². The molecule has 1 saturated heterocycles. The van der Waals surface area contributed by atoms with Crippen LogP contribution in [0.5, 0.6) is 0 Å². The molecule has 4 rings (SSSR count). The lowest BCUT2D eigenvalue weighted by atomic mass is 10.1. The van der Waals surface area contributed by atoms with E-state index in [0.29, 0.717) is 19.2 Å². The van der Waals surface area contributed by atoms with E-state index in [-0.39, 0.29) is 47.5 Å². The monoisotopic (exact) mass is 502 g/mol. The second kappa shape index (κ2) is 9.56. The Kier molecular flexibility index (Phi) is 6.51. The smallest absolute Gasteiger partial charge is 0.341 e. The molecule has 0 spiro atoms. The third-order valence-electron chi connectivity index (χ3n) is 5.67. The number of nitrogens with zero attached hydrogens (tertiary/aromatic N) is 6. The van der Waals surface area contributed by atoms with Crippen molar-refractivity contribution in [3.8, 4) is 5.69 Å². The van der Waals surface area contributed by atoms with E-state index in [9.17, 15) is 23.5 Å². The van der Waals surface area contributed by atoms with Crippen LogP contribution in [0.4, 0.5) is 19.0 Å². The lowest BCUT2D eigenvalue weighted by molar-refractivity contribution is 0.0695. The van der Waals surface area contributed by atoms with Gasteiger partial charge in [0.15, 0.2) is 23.2 Å². The van der Waals surface area contributed by atoms with E-state index < -0.39 is 34.4 Å². The number of hydrogen-bond donors (Lipinski definition) is 3. The summed E-state index contributed by atoms with van der Waals surface area (Å²) < 4.78 is 44.2. The minimum Gasteiger partial charge on any atom is -0.477 e. The highest BCUT2D eigenvalue weighted by Gasteiger charge is 2.25. The molecule has 2 aromatic heterocycles. The van der Waals surface area contributed by atoms with Gasteiger partial charge >= 0.3 is 5.97 Å². The summed E-state index contributed by atoms with van der Waals surface area (Å²) in [5.74, 6) is -4.33. The molecule has 36 heavy (non-hydrogen) atoms. The number of carbonyl (C=O) groups is 1. The first-order chi connectivity index (χ1) is 17.1. The number of nitrogens with two attached hydrogens (primary N) is 2. The first-order valence-electron chi connectivity index (χ1n) is 10.6. The van der Waals surface area contributed by atoms with E-state index in [2.05, 4.69) is 15.0 Å². The number of anilines is 1. The van der Waals surface area contributed by atoms with E-state index >= 15 is 4.39 Å². The molecule has 14 heteroatoms. The lowest BCUT2D eigenvalue weighted by Gasteiger charge is -2.36. The molecule has 0 atom stereocenters. The fourth-order valence-electron chi connectivity index (χ4n) is 3.83. The largest absolute Gasteiger partial charge is 0.477 e. The first kappa shape index (κ1) is 24.5. The Bertz CT molecular complexity index is 1480. The van der Waals surface area contributed by atoms with Crippen molar-refractivity contribution in [3.63, 3.8) is 0 Å². The highest BCUT2D eigenvalue weighted by Crippen LogP contribution is 2.25. The third-order valence-corrected chi connectivity index (χ3v) is 5.67. The molecule has 0 unspecified atom stereocenters. The maximum Gasteiger partial charge on any atom is 0.341 e. The number of aliphatic imine (C=N–C) groups is 2. The highest BCUT2D eigenvalue weighted by molar-refractivity contribution is 5.94. The molecule has 0 aliphatic carbocycles. The van der Waals surface area contributed by atoms with Crippen LogP contribution in [0.2, 0.25) is 0 Å². The van der Waals surface area contributed by atoms with Crippen LogP contribution in [-0.4, -0.2) is 70.7 Å². The second-order valence-corrected chi connectivity index (χ2v) is 7.83. The number of hydrogen-bond acceptors (Lipinski definition) is 5. The maximum atomic E-state index is 15.1. The van der Waals surface area contributed by atoms with Crippen LogP contribution in [0.3, 0.4) is 0 Å². The summed E-state index contributed by atoms with van der Waals surface area (Å²) in [5, 5.41) is 9.08. The molecule has 1 fully saturated rings. The predicted molar refractivity (Wildman–Crippen MR) is 127 cm³/mol. The van der Waals surface area contributed by atoms with Crippen LogP contribution in [0, 0.1) is 17.5 Å². The Balaban J connectivity index is 1.80. The normalized spacial score (nSPS) is 15.0. The van der Waals surface area contributed by atoms with Gasteiger partial charge in [-0.25, -0.2) is 22.9 Å². The van der Waals surface area contributed by atoms with Gasteiger partial charge in [-0.15, -0.1) is 0 Å². The average molecular weight is 502 g/mol. The summed E-state index contributed by atoms with van der Waals surface area (Å²) in [7, 11) is 1.47. The van der Waals surface area contributed by atoms with Gasteiger partial charge in [0.05, 0.1) is 11.1 Å². The molecule has 0 amide bonds. The number of pyridine rings is 2. The summed E-state index contributed by atoms with van der Waals surface area (Å²) in [6.07, 6.45) is 0.882. The van der Waals surface area contributed by atoms with Crippen LogP contribution >= 0.6 is 0 Å². The van der Waals surface area contributed by atoms with Crippen molar-refractivity contribution in [1.82, 2.24) is 14.5 Å². The minimum absolute atomic E-state index is 0.00361. The molecular weight excluding hydrogens is 481 g/mol. The number of benzene rings is 1. The molecule has 0 saturated carbocycles. The average Bonchev–Trinajstić information content (AvgIpc) is 2.84. The Morgan fingerprint density at radius 2 is 1.78 bits per heavy atom. The molecular formula is C22H21F3N8O3. The number of piperazine rings is 1.